The number of ether oxygens (including phenoxy) is 1. The SMILES string of the molecule is Cc1ccc(S(=O)(=O)n2cc(I)c3c(C4=CC(NC(=O)OC(C)(C)C)CCC4)ncnc32)cc1. The number of nitrogens with zero attached hydrogens (tertiary/aromatic N) is 3. The van der Waals surface area contributed by atoms with Crippen molar-refractivity contribution < 1.29 is 17.9 Å². The van der Waals surface area contributed by atoms with Crippen molar-refractivity contribution in [1.82, 2.24) is 19.3 Å². The minimum atomic E-state index is -3.82. The van der Waals surface area contributed by atoms with Crippen molar-refractivity contribution in [3.63, 3.8) is 0 Å². The lowest BCUT2D eigenvalue weighted by atomic mass is 9.92. The zero-order valence-corrected chi connectivity index (χ0v) is 22.5. The van der Waals surface area contributed by atoms with Crippen LogP contribution < -0.4 is 5.32 Å². The van der Waals surface area contributed by atoms with Gasteiger partial charge in [0.15, 0.2) is 5.65 Å². The Kier molecular flexibility index (Phi) is 6.74. The van der Waals surface area contributed by atoms with Gasteiger partial charge in [0.2, 0.25) is 0 Å². The first kappa shape index (κ1) is 24.6. The van der Waals surface area contributed by atoms with E-state index < -0.39 is 21.7 Å². The molecule has 3 aromatic rings. The highest BCUT2D eigenvalue weighted by molar-refractivity contribution is 14.1. The maximum absolute atomic E-state index is 13.4. The van der Waals surface area contributed by atoms with Crippen LogP contribution in [0.1, 0.15) is 51.3 Å². The third kappa shape index (κ3) is 5.12. The molecule has 0 saturated heterocycles. The van der Waals surface area contributed by atoms with E-state index in [1.165, 1.54) is 10.3 Å². The maximum atomic E-state index is 13.4. The minimum absolute atomic E-state index is 0.195. The van der Waals surface area contributed by atoms with Crippen LogP contribution in [-0.4, -0.2) is 40.1 Å². The lowest BCUT2D eigenvalue weighted by molar-refractivity contribution is 0.0511. The first-order valence-electron chi connectivity index (χ1n) is 11.0. The summed E-state index contributed by atoms with van der Waals surface area (Å²) in [6.45, 7) is 7.38. The number of benzene rings is 1. The molecule has 1 N–H and O–H groups in total. The molecule has 1 aromatic carbocycles. The van der Waals surface area contributed by atoms with E-state index in [0.29, 0.717) is 16.7 Å². The number of carbonyl (C=O) groups excluding carboxylic acids is 1. The summed E-state index contributed by atoms with van der Waals surface area (Å²) >= 11 is 2.12. The summed E-state index contributed by atoms with van der Waals surface area (Å²) in [6.07, 6.45) is 6.90. The Labute approximate surface area is 213 Å². The van der Waals surface area contributed by atoms with Gasteiger partial charge in [-0.2, -0.15) is 0 Å². The minimum Gasteiger partial charge on any atom is -0.444 e. The predicted octanol–water partition coefficient (Wildman–Crippen LogP) is 5.04. The van der Waals surface area contributed by atoms with Crippen LogP contribution >= 0.6 is 22.6 Å². The number of hydrogen-bond acceptors (Lipinski definition) is 6. The zero-order chi connectivity index (χ0) is 24.7. The number of nitrogens with one attached hydrogen (secondary N) is 1. The number of alkyl carbamates (subject to hydrolysis) is 1. The molecule has 0 radical (unpaired) electrons. The van der Waals surface area contributed by atoms with Crippen LogP contribution in [0.5, 0.6) is 0 Å². The molecule has 1 aliphatic carbocycles. The van der Waals surface area contributed by atoms with Gasteiger partial charge < -0.3 is 10.1 Å². The summed E-state index contributed by atoms with van der Waals surface area (Å²) in [6, 6.07) is 6.55. The van der Waals surface area contributed by atoms with Gasteiger partial charge in [0.05, 0.1) is 22.0 Å². The van der Waals surface area contributed by atoms with Crippen LogP contribution in [-0.2, 0) is 14.8 Å². The molecule has 1 aliphatic rings. The van der Waals surface area contributed by atoms with Gasteiger partial charge in [-0.25, -0.2) is 27.2 Å². The van der Waals surface area contributed by atoms with Crippen molar-refractivity contribution in [2.24, 2.45) is 0 Å². The van der Waals surface area contributed by atoms with Crippen molar-refractivity contribution in [3.8, 4) is 0 Å². The highest BCUT2D eigenvalue weighted by atomic mass is 127. The van der Waals surface area contributed by atoms with E-state index in [2.05, 4.69) is 37.9 Å². The van der Waals surface area contributed by atoms with Gasteiger partial charge in [-0.3, -0.25) is 0 Å². The van der Waals surface area contributed by atoms with Crippen LogP contribution in [0.4, 0.5) is 4.79 Å². The van der Waals surface area contributed by atoms with Crippen molar-refractivity contribution in [1.29, 1.82) is 0 Å². The summed E-state index contributed by atoms with van der Waals surface area (Å²) < 4.78 is 34.1. The molecule has 0 spiro atoms. The number of aryl methyl sites for hydroxylation is 1. The van der Waals surface area contributed by atoms with E-state index in [-0.39, 0.29) is 10.9 Å². The van der Waals surface area contributed by atoms with Gasteiger partial charge in [0.25, 0.3) is 10.0 Å². The molecule has 1 amide bonds. The average molecular weight is 594 g/mol. The molecule has 8 nitrogen and oxygen atoms in total. The summed E-state index contributed by atoms with van der Waals surface area (Å²) in [7, 11) is -3.82. The fourth-order valence-electron chi connectivity index (χ4n) is 3.93. The number of amides is 1. The fraction of sp³-hybridized carbons (Fsp3) is 0.375. The van der Waals surface area contributed by atoms with Crippen LogP contribution in [0.15, 0.2) is 47.8 Å². The maximum Gasteiger partial charge on any atom is 0.408 e. The van der Waals surface area contributed by atoms with Crippen LogP contribution in [0.2, 0.25) is 0 Å². The van der Waals surface area contributed by atoms with E-state index in [4.69, 9.17) is 4.74 Å². The quantitative estimate of drug-likeness (QED) is 0.425. The van der Waals surface area contributed by atoms with Gasteiger partial charge in [-0.15, -0.1) is 0 Å². The van der Waals surface area contributed by atoms with E-state index >= 15 is 0 Å². The molecule has 1 atom stereocenters. The Morgan fingerprint density at radius 2 is 1.91 bits per heavy atom. The van der Waals surface area contributed by atoms with E-state index in [1.54, 1.807) is 30.5 Å². The van der Waals surface area contributed by atoms with Crippen molar-refractivity contribution in [2.75, 3.05) is 0 Å². The van der Waals surface area contributed by atoms with Crippen LogP contribution in [0.3, 0.4) is 0 Å². The highest BCUT2D eigenvalue weighted by Crippen LogP contribution is 2.34. The summed E-state index contributed by atoms with van der Waals surface area (Å²) in [5.41, 5.74) is 2.37. The Morgan fingerprint density at radius 1 is 1.21 bits per heavy atom. The molecular formula is C24H27IN4O4S. The molecule has 2 heterocycles. The molecular weight excluding hydrogens is 567 g/mol. The molecule has 10 heteroatoms. The molecule has 1 unspecified atom stereocenters. The van der Waals surface area contributed by atoms with Gasteiger partial charge in [-0.1, -0.05) is 23.8 Å². The molecule has 0 saturated carbocycles. The molecule has 0 aliphatic heterocycles. The van der Waals surface area contributed by atoms with E-state index in [1.807, 2.05) is 33.8 Å². The largest absolute Gasteiger partial charge is 0.444 e. The van der Waals surface area contributed by atoms with Gasteiger partial charge in [0, 0.05) is 9.77 Å². The smallest absolute Gasteiger partial charge is 0.408 e. The molecule has 0 fully saturated rings. The van der Waals surface area contributed by atoms with Crippen molar-refractivity contribution in [3.05, 3.63) is 57.7 Å². The second-order valence-electron chi connectivity index (χ2n) is 9.35. The van der Waals surface area contributed by atoms with Gasteiger partial charge >= 0.3 is 6.09 Å². The number of aromatic nitrogens is 3. The van der Waals surface area contributed by atoms with E-state index in [0.717, 1.165) is 34.0 Å². The topological polar surface area (TPSA) is 103 Å². The predicted molar refractivity (Wildman–Crippen MR) is 139 cm³/mol. The number of hydrogen-bond donors (Lipinski definition) is 1. The fourth-order valence-corrected chi connectivity index (χ4v) is 6.22. The summed E-state index contributed by atoms with van der Waals surface area (Å²) in [4.78, 5) is 21.3. The molecule has 34 heavy (non-hydrogen) atoms. The van der Waals surface area contributed by atoms with Crippen LogP contribution in [0.25, 0.3) is 16.6 Å². The van der Waals surface area contributed by atoms with Gasteiger partial charge in [0.1, 0.15) is 11.9 Å². The van der Waals surface area contributed by atoms with Crippen LogP contribution in [0, 0.1) is 10.5 Å². The standard InChI is InChI=1S/C24H27IN4O4S/c1-15-8-10-18(11-9-15)34(31,32)29-13-19(25)20-21(26-14-27-22(20)29)16-6-5-7-17(12-16)28-23(30)33-24(2,3)4/h8-14,17H,5-7H2,1-4H3,(H,28,30). The molecule has 2 aromatic heterocycles. The van der Waals surface area contributed by atoms with E-state index in [9.17, 15) is 13.2 Å². The Balaban J connectivity index is 1.72. The lowest BCUT2D eigenvalue weighted by Gasteiger charge is -2.25. The summed E-state index contributed by atoms with van der Waals surface area (Å²) in [5, 5.41) is 3.59. The first-order chi connectivity index (χ1) is 16.0. The third-order valence-corrected chi connectivity index (χ3v) is 7.94. The summed E-state index contributed by atoms with van der Waals surface area (Å²) in [5.74, 6) is 0. The second-order valence-corrected chi connectivity index (χ2v) is 12.3. The third-order valence-electron chi connectivity index (χ3n) is 5.45. The number of rotatable bonds is 4. The first-order valence-corrected chi connectivity index (χ1v) is 13.5. The molecule has 4 rings (SSSR count). The Bertz CT molecular complexity index is 1370. The number of carbonyl (C=O) groups is 1. The molecule has 0 bridgehead atoms. The van der Waals surface area contributed by atoms with Crippen molar-refractivity contribution in [2.45, 2.75) is 63.5 Å². The number of fused-ring (bicyclic) bond motifs is 1. The van der Waals surface area contributed by atoms with Crippen molar-refractivity contribution >= 4 is 55.3 Å². The molecule has 180 valence electrons. The Morgan fingerprint density at radius 3 is 2.59 bits per heavy atom. The lowest BCUT2D eigenvalue weighted by Crippen LogP contribution is -2.39. The zero-order valence-electron chi connectivity index (χ0n) is 19.5. The normalized spacial score (nSPS) is 16.9. The second kappa shape index (κ2) is 9.29. The monoisotopic (exact) mass is 594 g/mol. The number of allylic oxidation sites excluding steroid dienone is 1. The Hall–Kier alpha value is -2.47. The highest BCUT2D eigenvalue weighted by Gasteiger charge is 2.26. The van der Waals surface area contributed by atoms with Gasteiger partial charge in [-0.05, 0) is 87.3 Å². The number of halogens is 1. The average Bonchev–Trinajstić information content (AvgIpc) is 3.10.